The van der Waals surface area contributed by atoms with Gasteiger partial charge in [-0.15, -0.1) is 0 Å². The van der Waals surface area contributed by atoms with Gasteiger partial charge < -0.3 is 20.7 Å². The van der Waals surface area contributed by atoms with Crippen molar-refractivity contribution in [2.75, 3.05) is 39.5 Å². The van der Waals surface area contributed by atoms with Crippen LogP contribution in [0.4, 0.5) is 5.69 Å². The van der Waals surface area contributed by atoms with Crippen LogP contribution in [-0.2, 0) is 11.2 Å². The monoisotopic (exact) mass is 307 g/mol. The summed E-state index contributed by atoms with van der Waals surface area (Å²) in [4.78, 5) is 13.7. The number of carbonyl (C=O) groups is 1. The van der Waals surface area contributed by atoms with Crippen LogP contribution in [0, 0.1) is 0 Å². The van der Waals surface area contributed by atoms with Gasteiger partial charge in [0, 0.05) is 19.5 Å². The summed E-state index contributed by atoms with van der Waals surface area (Å²) in [6.45, 7) is 4.32. The van der Waals surface area contributed by atoms with Crippen LogP contribution in [0.2, 0.25) is 0 Å². The van der Waals surface area contributed by atoms with E-state index in [1.165, 1.54) is 0 Å². The lowest BCUT2D eigenvalue weighted by Crippen LogP contribution is -2.24. The molecular formula is C17H29N3O2. The van der Waals surface area contributed by atoms with Crippen LogP contribution >= 0.6 is 0 Å². The molecule has 1 amide bonds. The molecule has 0 aromatic heterocycles. The summed E-state index contributed by atoms with van der Waals surface area (Å²) in [6, 6.07) is 5.75. The average molecular weight is 307 g/mol. The lowest BCUT2D eigenvalue weighted by atomic mass is 10.1. The van der Waals surface area contributed by atoms with Gasteiger partial charge in [-0.2, -0.15) is 0 Å². The Balaban J connectivity index is 2.39. The van der Waals surface area contributed by atoms with E-state index in [1.807, 2.05) is 32.3 Å². The third-order valence-electron chi connectivity index (χ3n) is 3.36. The van der Waals surface area contributed by atoms with Crippen molar-refractivity contribution in [3.8, 4) is 5.75 Å². The van der Waals surface area contributed by atoms with Gasteiger partial charge in [-0.1, -0.05) is 19.4 Å². The van der Waals surface area contributed by atoms with Gasteiger partial charge in [0.25, 0.3) is 0 Å². The molecule has 0 saturated heterocycles. The summed E-state index contributed by atoms with van der Waals surface area (Å²) >= 11 is 0. The van der Waals surface area contributed by atoms with Crippen molar-refractivity contribution in [2.24, 2.45) is 0 Å². The van der Waals surface area contributed by atoms with E-state index in [9.17, 15) is 4.79 Å². The lowest BCUT2D eigenvalue weighted by Gasteiger charge is -2.13. The third kappa shape index (κ3) is 7.31. The lowest BCUT2D eigenvalue weighted by molar-refractivity contribution is -0.121. The van der Waals surface area contributed by atoms with Crippen molar-refractivity contribution < 1.29 is 9.53 Å². The molecule has 0 spiro atoms. The van der Waals surface area contributed by atoms with Crippen LogP contribution in [0.15, 0.2) is 18.2 Å². The number of hydrogen-bond donors (Lipinski definition) is 2. The molecule has 0 aliphatic rings. The molecule has 3 N–H and O–H groups in total. The molecule has 0 fully saturated rings. The number of nitrogens with zero attached hydrogens (tertiary/aromatic N) is 1. The summed E-state index contributed by atoms with van der Waals surface area (Å²) in [5.41, 5.74) is 7.69. The number of nitrogen functional groups attached to an aromatic ring is 1. The summed E-state index contributed by atoms with van der Waals surface area (Å²) in [6.07, 6.45) is 3.30. The Labute approximate surface area is 133 Å². The molecule has 5 heteroatoms. The van der Waals surface area contributed by atoms with Gasteiger partial charge in [0.1, 0.15) is 12.4 Å². The quantitative estimate of drug-likeness (QED) is 0.513. The average Bonchev–Trinajstić information content (AvgIpc) is 2.47. The minimum Gasteiger partial charge on any atom is -0.490 e. The zero-order valence-corrected chi connectivity index (χ0v) is 14.0. The molecule has 0 unspecified atom stereocenters. The zero-order chi connectivity index (χ0) is 16.4. The number of hydrogen-bond acceptors (Lipinski definition) is 4. The summed E-state index contributed by atoms with van der Waals surface area (Å²) in [5, 5.41) is 2.92. The first-order chi connectivity index (χ1) is 10.5. The highest BCUT2D eigenvalue weighted by atomic mass is 16.5. The van der Waals surface area contributed by atoms with E-state index in [0.29, 0.717) is 30.9 Å². The third-order valence-corrected chi connectivity index (χ3v) is 3.36. The maximum atomic E-state index is 11.7. The van der Waals surface area contributed by atoms with E-state index >= 15 is 0 Å². The molecule has 1 rings (SSSR count). The first-order valence-corrected chi connectivity index (χ1v) is 7.95. The molecule has 1 aromatic rings. The van der Waals surface area contributed by atoms with Crippen LogP contribution in [0.1, 0.15) is 31.7 Å². The minimum absolute atomic E-state index is 0.0957. The topological polar surface area (TPSA) is 67.6 Å². The van der Waals surface area contributed by atoms with E-state index in [0.717, 1.165) is 31.5 Å². The van der Waals surface area contributed by atoms with Crippen molar-refractivity contribution in [1.29, 1.82) is 0 Å². The highest BCUT2D eigenvalue weighted by Crippen LogP contribution is 2.23. The number of rotatable bonds is 10. The van der Waals surface area contributed by atoms with E-state index in [-0.39, 0.29) is 5.91 Å². The first-order valence-electron chi connectivity index (χ1n) is 7.95. The van der Waals surface area contributed by atoms with Crippen molar-refractivity contribution in [2.45, 2.75) is 32.6 Å². The fourth-order valence-electron chi connectivity index (χ4n) is 1.97. The first kappa shape index (κ1) is 18.3. The van der Waals surface area contributed by atoms with Gasteiger partial charge in [-0.25, -0.2) is 0 Å². The molecule has 0 radical (unpaired) electrons. The van der Waals surface area contributed by atoms with E-state index in [4.69, 9.17) is 10.5 Å². The number of aryl methyl sites for hydroxylation is 1. The van der Waals surface area contributed by atoms with Gasteiger partial charge in [0.2, 0.25) is 5.91 Å². The molecule has 1 aromatic carbocycles. The summed E-state index contributed by atoms with van der Waals surface area (Å²) in [5.74, 6) is 0.802. The van der Waals surface area contributed by atoms with Crippen LogP contribution < -0.4 is 15.8 Å². The number of amides is 1. The highest BCUT2D eigenvalue weighted by Gasteiger charge is 2.05. The Morgan fingerprint density at radius 1 is 1.36 bits per heavy atom. The second-order valence-electron chi connectivity index (χ2n) is 5.73. The molecule has 22 heavy (non-hydrogen) atoms. The van der Waals surface area contributed by atoms with Crippen molar-refractivity contribution in [3.05, 3.63) is 23.8 Å². The molecule has 124 valence electrons. The predicted octanol–water partition coefficient (Wildman–Crippen LogP) is 2.06. The largest absolute Gasteiger partial charge is 0.490 e. The highest BCUT2D eigenvalue weighted by molar-refractivity contribution is 5.76. The standard InChI is InChI=1S/C17H29N3O2/c1-4-5-10-19-17(21)9-7-14-6-8-16(15(18)13-14)22-12-11-20(2)3/h6,8,13H,4-5,7,9-12,18H2,1-3H3,(H,19,21). The van der Waals surface area contributed by atoms with Gasteiger partial charge in [-0.05, 0) is 44.6 Å². The van der Waals surface area contributed by atoms with Crippen LogP contribution in [0.25, 0.3) is 0 Å². The molecule has 0 heterocycles. The van der Waals surface area contributed by atoms with Gasteiger partial charge >= 0.3 is 0 Å². The van der Waals surface area contributed by atoms with E-state index in [1.54, 1.807) is 0 Å². The Kier molecular flexibility index (Phi) is 8.36. The second kappa shape index (κ2) is 10.1. The Hall–Kier alpha value is -1.75. The fourth-order valence-corrected chi connectivity index (χ4v) is 1.97. The van der Waals surface area contributed by atoms with E-state index in [2.05, 4.69) is 17.1 Å². The normalized spacial score (nSPS) is 10.7. The van der Waals surface area contributed by atoms with Crippen LogP contribution in [0.3, 0.4) is 0 Å². The Bertz CT molecular complexity index is 461. The molecule has 0 aliphatic heterocycles. The smallest absolute Gasteiger partial charge is 0.220 e. The number of benzene rings is 1. The molecule has 0 aliphatic carbocycles. The number of anilines is 1. The SMILES string of the molecule is CCCCNC(=O)CCc1ccc(OCCN(C)C)c(N)c1. The second-order valence-corrected chi connectivity index (χ2v) is 5.73. The maximum Gasteiger partial charge on any atom is 0.220 e. The Morgan fingerprint density at radius 3 is 2.77 bits per heavy atom. The fraction of sp³-hybridized carbons (Fsp3) is 0.588. The summed E-state index contributed by atoms with van der Waals surface area (Å²) in [7, 11) is 4.00. The van der Waals surface area contributed by atoms with Crippen molar-refractivity contribution in [1.82, 2.24) is 10.2 Å². The number of ether oxygens (including phenoxy) is 1. The number of nitrogens with one attached hydrogen (secondary N) is 1. The molecular weight excluding hydrogens is 278 g/mol. The van der Waals surface area contributed by atoms with Gasteiger partial charge in [0.05, 0.1) is 5.69 Å². The molecule has 0 saturated carbocycles. The van der Waals surface area contributed by atoms with Gasteiger partial charge in [0.15, 0.2) is 0 Å². The van der Waals surface area contributed by atoms with Gasteiger partial charge in [-0.3, -0.25) is 4.79 Å². The van der Waals surface area contributed by atoms with E-state index < -0.39 is 0 Å². The molecule has 0 atom stereocenters. The molecule has 0 bridgehead atoms. The predicted molar refractivity (Wildman–Crippen MR) is 91.1 cm³/mol. The van der Waals surface area contributed by atoms with Crippen LogP contribution in [-0.4, -0.2) is 44.6 Å². The maximum absolute atomic E-state index is 11.7. The van der Waals surface area contributed by atoms with Crippen molar-refractivity contribution >= 4 is 11.6 Å². The Morgan fingerprint density at radius 2 is 2.14 bits per heavy atom. The number of carbonyl (C=O) groups excluding carboxylic acids is 1. The van der Waals surface area contributed by atoms with Crippen molar-refractivity contribution in [3.63, 3.8) is 0 Å². The minimum atomic E-state index is 0.0957. The number of likely N-dealkylation sites (N-methyl/N-ethyl adjacent to an activating group) is 1. The number of unbranched alkanes of at least 4 members (excludes halogenated alkanes) is 1. The molecule has 5 nitrogen and oxygen atoms in total. The van der Waals surface area contributed by atoms with Crippen LogP contribution in [0.5, 0.6) is 5.75 Å². The zero-order valence-electron chi connectivity index (χ0n) is 14.0. The summed E-state index contributed by atoms with van der Waals surface area (Å²) < 4.78 is 5.65. The number of nitrogens with two attached hydrogens (primary N) is 1.